The molecule has 0 N–H and O–H groups in total. The zero-order chi connectivity index (χ0) is 20.4. The van der Waals surface area contributed by atoms with Crippen LogP contribution in [-0.2, 0) is 25.6 Å². The summed E-state index contributed by atoms with van der Waals surface area (Å²) in [6.45, 7) is 1.20. The van der Waals surface area contributed by atoms with Crippen LogP contribution in [0.2, 0.25) is 5.02 Å². The molecule has 0 saturated carbocycles. The van der Waals surface area contributed by atoms with Gasteiger partial charge in [-0.05, 0) is 47.5 Å². The van der Waals surface area contributed by atoms with Crippen LogP contribution in [0.15, 0.2) is 48.7 Å². The van der Waals surface area contributed by atoms with Gasteiger partial charge < -0.3 is 23.7 Å². The minimum atomic E-state index is -0.511. The van der Waals surface area contributed by atoms with Crippen LogP contribution < -0.4 is 9.47 Å². The fraction of sp³-hybridized carbons (Fsp3) is 0.286. The van der Waals surface area contributed by atoms with Crippen LogP contribution in [0, 0.1) is 0 Å². The van der Waals surface area contributed by atoms with Gasteiger partial charge in [-0.2, -0.15) is 0 Å². The van der Waals surface area contributed by atoms with Gasteiger partial charge in [0.2, 0.25) is 0 Å². The summed E-state index contributed by atoms with van der Waals surface area (Å²) in [5.41, 5.74) is 1.63. The van der Waals surface area contributed by atoms with Gasteiger partial charge in [-0.25, -0.2) is 4.79 Å². The molecule has 0 aliphatic rings. The van der Waals surface area contributed by atoms with E-state index in [0.29, 0.717) is 29.5 Å². The highest BCUT2D eigenvalue weighted by molar-refractivity contribution is 6.30. The number of benzene rings is 2. The van der Waals surface area contributed by atoms with Crippen LogP contribution in [0.25, 0.3) is 5.57 Å². The molecule has 0 amide bonds. The monoisotopic (exact) mass is 406 g/mol. The fourth-order valence-electron chi connectivity index (χ4n) is 2.43. The van der Waals surface area contributed by atoms with E-state index in [1.54, 1.807) is 37.4 Å². The first-order valence-electron chi connectivity index (χ1n) is 8.53. The molecule has 28 heavy (non-hydrogen) atoms. The molecule has 0 fully saturated rings. The van der Waals surface area contributed by atoms with Crippen LogP contribution >= 0.6 is 11.6 Å². The topological polar surface area (TPSA) is 63.2 Å². The van der Waals surface area contributed by atoms with E-state index in [9.17, 15) is 4.79 Å². The molecule has 0 aromatic heterocycles. The highest BCUT2D eigenvalue weighted by Crippen LogP contribution is 2.26. The Morgan fingerprint density at radius 1 is 0.964 bits per heavy atom. The zero-order valence-corrected chi connectivity index (χ0v) is 16.8. The number of hydrogen-bond acceptors (Lipinski definition) is 6. The van der Waals surface area contributed by atoms with Gasteiger partial charge in [-0.15, -0.1) is 0 Å². The number of ether oxygens (including phenoxy) is 5. The van der Waals surface area contributed by atoms with Crippen molar-refractivity contribution in [2.75, 3.05) is 34.5 Å². The molecule has 6 nitrogen and oxygen atoms in total. The van der Waals surface area contributed by atoms with Crippen LogP contribution in [0.1, 0.15) is 11.1 Å². The summed E-state index contributed by atoms with van der Waals surface area (Å²) in [6, 6.07) is 12.4. The van der Waals surface area contributed by atoms with Crippen molar-refractivity contribution >= 4 is 23.1 Å². The number of esters is 1. The molecule has 0 atom stereocenters. The Morgan fingerprint density at radius 2 is 1.64 bits per heavy atom. The molecule has 0 bridgehead atoms. The van der Waals surface area contributed by atoms with Crippen LogP contribution in [-0.4, -0.2) is 40.5 Å². The van der Waals surface area contributed by atoms with Crippen LogP contribution in [0.3, 0.4) is 0 Å². The van der Waals surface area contributed by atoms with Gasteiger partial charge in [0.05, 0.1) is 27.1 Å². The first kappa shape index (κ1) is 21.6. The average molecular weight is 407 g/mol. The molecule has 0 aliphatic heterocycles. The minimum absolute atomic E-state index is 0.206. The van der Waals surface area contributed by atoms with Crippen molar-refractivity contribution in [1.29, 1.82) is 0 Å². The van der Waals surface area contributed by atoms with Crippen molar-refractivity contribution in [3.8, 4) is 11.5 Å². The first-order valence-corrected chi connectivity index (χ1v) is 8.91. The molecular formula is C21H23ClO6. The molecule has 0 aliphatic carbocycles. The Hall–Kier alpha value is -2.70. The normalized spacial score (nSPS) is 11.1. The average Bonchev–Trinajstić information content (AvgIpc) is 2.71. The van der Waals surface area contributed by atoms with Crippen molar-refractivity contribution < 1.29 is 28.5 Å². The highest BCUT2D eigenvalue weighted by atomic mass is 35.5. The Kier molecular flexibility index (Phi) is 8.65. The van der Waals surface area contributed by atoms with E-state index in [-0.39, 0.29) is 12.2 Å². The minimum Gasteiger partial charge on any atom is -0.503 e. The number of carbonyl (C=O) groups excluding carboxylic acids is 1. The van der Waals surface area contributed by atoms with Crippen molar-refractivity contribution in [2.24, 2.45) is 0 Å². The summed E-state index contributed by atoms with van der Waals surface area (Å²) in [4.78, 5) is 12.1. The third-order valence-corrected chi connectivity index (χ3v) is 4.01. The van der Waals surface area contributed by atoms with E-state index >= 15 is 0 Å². The molecular weight excluding hydrogens is 384 g/mol. The van der Waals surface area contributed by atoms with Gasteiger partial charge in [0.15, 0.2) is 0 Å². The summed E-state index contributed by atoms with van der Waals surface area (Å²) in [7, 11) is 4.40. The van der Waals surface area contributed by atoms with Crippen molar-refractivity contribution in [2.45, 2.75) is 6.61 Å². The molecule has 0 heterocycles. The van der Waals surface area contributed by atoms with E-state index in [4.69, 9.17) is 35.3 Å². The van der Waals surface area contributed by atoms with Gasteiger partial charge in [-0.1, -0.05) is 17.7 Å². The molecule has 7 heteroatoms. The molecule has 0 radical (unpaired) electrons. The zero-order valence-electron chi connectivity index (χ0n) is 16.1. The van der Waals surface area contributed by atoms with E-state index in [1.165, 1.54) is 20.5 Å². The molecule has 0 unspecified atom stereocenters. The summed E-state index contributed by atoms with van der Waals surface area (Å²) >= 11 is 6.13. The van der Waals surface area contributed by atoms with E-state index in [2.05, 4.69) is 0 Å². The lowest BCUT2D eigenvalue weighted by Crippen LogP contribution is -2.08. The molecule has 150 valence electrons. The predicted octanol–water partition coefficient (Wildman–Crippen LogP) is 4.10. The standard InChI is InChI=1S/C21H23ClO6/c1-24-10-11-27-17-5-7-18(8-6-17)28-13-15-12-16(22)4-9-19(15)20(14-25-2)21(23)26-3/h4-9,12,14H,10-11,13H2,1-3H3/b20-14+. The van der Waals surface area contributed by atoms with Crippen molar-refractivity contribution in [1.82, 2.24) is 0 Å². The smallest absolute Gasteiger partial charge is 0.341 e. The lowest BCUT2D eigenvalue weighted by molar-refractivity contribution is -0.133. The first-order chi connectivity index (χ1) is 13.6. The molecule has 2 aromatic carbocycles. The Bertz CT molecular complexity index is 801. The maximum atomic E-state index is 12.1. The fourth-order valence-corrected chi connectivity index (χ4v) is 2.62. The van der Waals surface area contributed by atoms with Crippen LogP contribution in [0.5, 0.6) is 11.5 Å². The maximum Gasteiger partial charge on any atom is 0.341 e. The number of carbonyl (C=O) groups is 1. The number of methoxy groups -OCH3 is 3. The maximum absolute atomic E-state index is 12.1. The number of rotatable bonds is 10. The number of hydrogen-bond donors (Lipinski definition) is 0. The van der Waals surface area contributed by atoms with Gasteiger partial charge in [-0.3, -0.25) is 0 Å². The molecule has 2 rings (SSSR count). The molecule has 0 saturated heterocycles. The third kappa shape index (κ3) is 6.18. The number of halogens is 1. The van der Waals surface area contributed by atoms with Gasteiger partial charge in [0.25, 0.3) is 0 Å². The molecule has 2 aromatic rings. The van der Waals surface area contributed by atoms with Crippen molar-refractivity contribution in [3.63, 3.8) is 0 Å². The van der Waals surface area contributed by atoms with Crippen LogP contribution in [0.4, 0.5) is 0 Å². The Morgan fingerprint density at radius 3 is 2.25 bits per heavy atom. The second-order valence-corrected chi connectivity index (χ2v) is 6.10. The molecule has 0 spiro atoms. The summed E-state index contributed by atoms with van der Waals surface area (Å²) in [6.07, 6.45) is 1.34. The van der Waals surface area contributed by atoms with E-state index in [0.717, 1.165) is 11.3 Å². The van der Waals surface area contributed by atoms with Crippen molar-refractivity contribution in [3.05, 3.63) is 64.9 Å². The highest BCUT2D eigenvalue weighted by Gasteiger charge is 2.17. The summed E-state index contributed by atoms with van der Waals surface area (Å²) in [5.74, 6) is 0.868. The Labute approximate surface area is 169 Å². The quantitative estimate of drug-likeness (QED) is 0.256. The van der Waals surface area contributed by atoms with E-state index in [1.807, 2.05) is 12.1 Å². The summed E-state index contributed by atoms with van der Waals surface area (Å²) in [5, 5.41) is 0.533. The largest absolute Gasteiger partial charge is 0.503 e. The van der Waals surface area contributed by atoms with E-state index < -0.39 is 5.97 Å². The second kappa shape index (κ2) is 11.2. The van der Waals surface area contributed by atoms with Gasteiger partial charge in [0, 0.05) is 12.1 Å². The Balaban J connectivity index is 2.14. The van der Waals surface area contributed by atoms with Gasteiger partial charge >= 0.3 is 5.97 Å². The summed E-state index contributed by atoms with van der Waals surface area (Å²) < 4.78 is 26.2. The second-order valence-electron chi connectivity index (χ2n) is 5.66. The SMILES string of the molecule is CO/C=C(/C(=O)OC)c1ccc(Cl)cc1COc1ccc(OCCOC)cc1. The third-order valence-electron chi connectivity index (χ3n) is 3.77. The lowest BCUT2D eigenvalue weighted by atomic mass is 10.0. The van der Waals surface area contributed by atoms with Gasteiger partial charge in [0.1, 0.15) is 30.3 Å². The lowest BCUT2D eigenvalue weighted by Gasteiger charge is -2.14. The predicted molar refractivity (Wildman–Crippen MR) is 107 cm³/mol.